The monoisotopic (exact) mass is 214 g/mol. The molecule has 4 nitrogen and oxygen atoms in total. The first-order valence-electron chi connectivity index (χ1n) is 5.22. The fourth-order valence-corrected chi connectivity index (χ4v) is 2.27. The standard InChI is InChI=1S/C11H18O4/c1-5-11(6-12)7(2)8-9(15-11)14-10(3,4)13-8/h5,7-9,12H,1,6H2,2-4H3/t7-,8+,9-,11+/m0/s1. The average molecular weight is 214 g/mol. The molecule has 0 aromatic heterocycles. The Labute approximate surface area is 89.8 Å². The van der Waals surface area contributed by atoms with Crippen molar-refractivity contribution in [3.05, 3.63) is 12.7 Å². The zero-order valence-electron chi connectivity index (χ0n) is 9.40. The summed E-state index contributed by atoms with van der Waals surface area (Å²) in [4.78, 5) is 0. The number of fused-ring (bicyclic) bond motifs is 1. The van der Waals surface area contributed by atoms with E-state index in [0.717, 1.165) is 0 Å². The van der Waals surface area contributed by atoms with Gasteiger partial charge in [0, 0.05) is 5.92 Å². The summed E-state index contributed by atoms with van der Waals surface area (Å²) in [6, 6.07) is 0. The first-order valence-corrected chi connectivity index (χ1v) is 5.22. The minimum absolute atomic E-state index is 0.0341. The molecule has 2 aliphatic rings. The van der Waals surface area contributed by atoms with Crippen LogP contribution in [0.1, 0.15) is 20.8 Å². The Hall–Kier alpha value is -0.420. The van der Waals surface area contributed by atoms with Crippen LogP contribution in [0.25, 0.3) is 0 Å². The molecule has 0 aromatic rings. The van der Waals surface area contributed by atoms with E-state index < -0.39 is 17.7 Å². The zero-order valence-corrected chi connectivity index (χ0v) is 9.40. The summed E-state index contributed by atoms with van der Waals surface area (Å²) in [5, 5.41) is 9.36. The van der Waals surface area contributed by atoms with Crippen molar-refractivity contribution < 1.29 is 19.3 Å². The topological polar surface area (TPSA) is 47.9 Å². The lowest BCUT2D eigenvalue weighted by molar-refractivity contribution is -0.227. The summed E-state index contributed by atoms with van der Waals surface area (Å²) in [5.41, 5.74) is -0.730. The molecule has 86 valence electrons. The molecule has 0 unspecified atom stereocenters. The van der Waals surface area contributed by atoms with E-state index in [1.807, 2.05) is 20.8 Å². The number of rotatable bonds is 2. The Morgan fingerprint density at radius 3 is 2.47 bits per heavy atom. The Morgan fingerprint density at radius 1 is 1.33 bits per heavy atom. The molecule has 0 aliphatic carbocycles. The van der Waals surface area contributed by atoms with Gasteiger partial charge < -0.3 is 19.3 Å². The molecule has 4 heteroatoms. The largest absolute Gasteiger partial charge is 0.393 e. The van der Waals surface area contributed by atoms with Gasteiger partial charge in [-0.1, -0.05) is 13.0 Å². The Morgan fingerprint density at radius 2 is 2.00 bits per heavy atom. The molecule has 1 N–H and O–H groups in total. The quantitative estimate of drug-likeness (QED) is 0.698. The third kappa shape index (κ3) is 1.52. The highest BCUT2D eigenvalue weighted by atomic mass is 16.8. The minimum atomic E-state index is -0.730. The van der Waals surface area contributed by atoms with Crippen LogP contribution in [0.3, 0.4) is 0 Å². The second-order valence-electron chi connectivity index (χ2n) is 4.69. The molecule has 0 bridgehead atoms. The second-order valence-corrected chi connectivity index (χ2v) is 4.69. The van der Waals surface area contributed by atoms with Crippen molar-refractivity contribution in [1.29, 1.82) is 0 Å². The van der Waals surface area contributed by atoms with E-state index in [4.69, 9.17) is 14.2 Å². The van der Waals surface area contributed by atoms with Gasteiger partial charge in [0.1, 0.15) is 11.7 Å². The van der Waals surface area contributed by atoms with Crippen LogP contribution in [0, 0.1) is 5.92 Å². The highest BCUT2D eigenvalue weighted by molar-refractivity contribution is 5.09. The van der Waals surface area contributed by atoms with Crippen LogP contribution in [0.2, 0.25) is 0 Å². The molecule has 4 atom stereocenters. The summed E-state index contributed by atoms with van der Waals surface area (Å²) in [6.07, 6.45) is 1.10. The van der Waals surface area contributed by atoms with Gasteiger partial charge in [-0.3, -0.25) is 0 Å². The molecule has 2 rings (SSSR count). The summed E-state index contributed by atoms with van der Waals surface area (Å²) < 4.78 is 17.0. The SMILES string of the molecule is C=C[C@]1(CO)O[C@@H]2OC(C)(C)O[C@@H]2[C@@H]1C. The molecule has 0 radical (unpaired) electrons. The maximum atomic E-state index is 9.36. The van der Waals surface area contributed by atoms with E-state index in [1.165, 1.54) is 0 Å². The molecule has 0 spiro atoms. The van der Waals surface area contributed by atoms with Gasteiger partial charge in [-0.15, -0.1) is 6.58 Å². The highest BCUT2D eigenvalue weighted by Gasteiger charge is 2.58. The van der Waals surface area contributed by atoms with Gasteiger partial charge in [0.2, 0.25) is 0 Å². The molecule has 2 aliphatic heterocycles. The van der Waals surface area contributed by atoms with Gasteiger partial charge in [0.15, 0.2) is 12.1 Å². The fourth-order valence-electron chi connectivity index (χ4n) is 2.27. The van der Waals surface area contributed by atoms with Gasteiger partial charge in [-0.2, -0.15) is 0 Å². The van der Waals surface area contributed by atoms with Gasteiger partial charge in [-0.05, 0) is 13.8 Å². The van der Waals surface area contributed by atoms with Crippen molar-refractivity contribution in [2.75, 3.05) is 6.61 Å². The van der Waals surface area contributed by atoms with Crippen LogP contribution < -0.4 is 0 Å². The van der Waals surface area contributed by atoms with E-state index in [2.05, 4.69) is 6.58 Å². The average Bonchev–Trinajstić information content (AvgIpc) is 2.59. The molecule has 0 aromatic carbocycles. The van der Waals surface area contributed by atoms with Crippen molar-refractivity contribution in [2.24, 2.45) is 5.92 Å². The lowest BCUT2D eigenvalue weighted by Crippen LogP contribution is -2.40. The maximum absolute atomic E-state index is 9.36. The van der Waals surface area contributed by atoms with Crippen LogP contribution in [-0.2, 0) is 14.2 Å². The molecule has 0 amide bonds. The third-order valence-electron chi connectivity index (χ3n) is 3.28. The third-order valence-corrected chi connectivity index (χ3v) is 3.28. The summed E-state index contributed by atoms with van der Waals surface area (Å²) in [5.74, 6) is -0.571. The summed E-state index contributed by atoms with van der Waals surface area (Å²) in [6.45, 7) is 9.30. The van der Waals surface area contributed by atoms with Crippen molar-refractivity contribution in [2.45, 2.75) is 44.6 Å². The van der Waals surface area contributed by atoms with Crippen molar-refractivity contribution >= 4 is 0 Å². The lowest BCUT2D eigenvalue weighted by atomic mass is 9.88. The smallest absolute Gasteiger partial charge is 0.188 e. The van der Waals surface area contributed by atoms with Crippen LogP contribution in [0.15, 0.2) is 12.7 Å². The first-order chi connectivity index (χ1) is 6.94. The van der Waals surface area contributed by atoms with Gasteiger partial charge >= 0.3 is 0 Å². The molecule has 2 fully saturated rings. The Kier molecular flexibility index (Phi) is 2.43. The molecule has 2 heterocycles. The first kappa shape index (κ1) is 11.1. The van der Waals surface area contributed by atoms with E-state index in [0.29, 0.717) is 0 Å². The predicted molar refractivity (Wildman–Crippen MR) is 54.1 cm³/mol. The lowest BCUT2D eigenvalue weighted by Gasteiger charge is -2.30. The highest BCUT2D eigenvalue weighted by Crippen LogP contribution is 2.45. The van der Waals surface area contributed by atoms with Crippen molar-refractivity contribution in [3.63, 3.8) is 0 Å². The van der Waals surface area contributed by atoms with E-state index in [-0.39, 0.29) is 18.6 Å². The van der Waals surface area contributed by atoms with E-state index >= 15 is 0 Å². The van der Waals surface area contributed by atoms with Gasteiger partial charge in [-0.25, -0.2) is 0 Å². The number of aliphatic hydroxyl groups excluding tert-OH is 1. The number of ether oxygens (including phenoxy) is 3. The van der Waals surface area contributed by atoms with Crippen molar-refractivity contribution in [1.82, 2.24) is 0 Å². The number of aliphatic hydroxyl groups is 1. The normalized spacial score (nSPS) is 47.9. The molecule has 0 saturated carbocycles. The Balaban J connectivity index is 2.21. The molecular weight excluding hydrogens is 196 g/mol. The van der Waals surface area contributed by atoms with E-state index in [9.17, 15) is 5.11 Å². The molecule has 2 saturated heterocycles. The second kappa shape index (κ2) is 3.28. The summed E-state index contributed by atoms with van der Waals surface area (Å²) in [7, 11) is 0. The van der Waals surface area contributed by atoms with Gasteiger partial charge in [0.25, 0.3) is 0 Å². The van der Waals surface area contributed by atoms with Gasteiger partial charge in [0.05, 0.1) is 6.61 Å². The van der Waals surface area contributed by atoms with Crippen LogP contribution >= 0.6 is 0 Å². The Bertz CT molecular complexity index is 276. The van der Waals surface area contributed by atoms with Crippen LogP contribution in [0.5, 0.6) is 0 Å². The fraction of sp³-hybridized carbons (Fsp3) is 0.818. The number of hydrogen-bond acceptors (Lipinski definition) is 4. The molecule has 15 heavy (non-hydrogen) atoms. The van der Waals surface area contributed by atoms with E-state index in [1.54, 1.807) is 6.08 Å². The van der Waals surface area contributed by atoms with Crippen LogP contribution in [0.4, 0.5) is 0 Å². The van der Waals surface area contributed by atoms with Crippen LogP contribution in [-0.4, -0.2) is 35.5 Å². The zero-order chi connectivity index (χ0) is 11.3. The maximum Gasteiger partial charge on any atom is 0.188 e. The van der Waals surface area contributed by atoms with Crippen molar-refractivity contribution in [3.8, 4) is 0 Å². The minimum Gasteiger partial charge on any atom is -0.393 e. The number of hydrogen-bond donors (Lipinski definition) is 1. The summed E-state index contributed by atoms with van der Waals surface area (Å²) >= 11 is 0. The molecular formula is C11H18O4. The predicted octanol–water partition coefficient (Wildman–Crippen LogP) is 1.05.